The second-order valence-corrected chi connectivity index (χ2v) is 2.72. The second-order valence-electron chi connectivity index (χ2n) is 2.72. The maximum Gasteiger partial charge on any atom is 0.1000 e. The molecule has 2 nitrogen and oxygen atoms in total. The standard InChI is InChI=1S/C9H11FN2/c1-6(7(2)10)8-3-9(11)5-12-4-8/h3-6H,2,11H2,1H3/t6-/m0/s1. The summed E-state index contributed by atoms with van der Waals surface area (Å²) in [6.45, 7) is 4.95. The van der Waals surface area contributed by atoms with Crippen LogP contribution in [0, 0.1) is 0 Å². The van der Waals surface area contributed by atoms with E-state index in [2.05, 4.69) is 11.6 Å². The van der Waals surface area contributed by atoms with Crippen molar-refractivity contribution >= 4 is 5.69 Å². The highest BCUT2D eigenvalue weighted by molar-refractivity contribution is 5.39. The van der Waals surface area contributed by atoms with E-state index < -0.39 is 0 Å². The van der Waals surface area contributed by atoms with Crippen LogP contribution in [-0.4, -0.2) is 4.98 Å². The summed E-state index contributed by atoms with van der Waals surface area (Å²) in [7, 11) is 0. The van der Waals surface area contributed by atoms with Gasteiger partial charge in [-0.1, -0.05) is 13.5 Å². The molecule has 0 saturated heterocycles. The van der Waals surface area contributed by atoms with Crippen LogP contribution < -0.4 is 5.73 Å². The predicted octanol–water partition coefficient (Wildman–Crippen LogP) is 2.25. The molecular formula is C9H11FN2. The number of rotatable bonds is 2. The molecule has 0 aliphatic carbocycles. The van der Waals surface area contributed by atoms with Gasteiger partial charge in [0.05, 0.1) is 11.5 Å². The van der Waals surface area contributed by atoms with Gasteiger partial charge in [-0.05, 0) is 11.6 Å². The molecule has 64 valence electrons. The molecule has 1 aromatic rings. The van der Waals surface area contributed by atoms with Crippen molar-refractivity contribution in [2.75, 3.05) is 5.73 Å². The summed E-state index contributed by atoms with van der Waals surface area (Å²) in [5, 5.41) is 0. The molecule has 0 bridgehead atoms. The molecule has 0 aliphatic heterocycles. The highest BCUT2D eigenvalue weighted by atomic mass is 19.1. The number of allylic oxidation sites excluding steroid dienone is 1. The largest absolute Gasteiger partial charge is 0.397 e. The van der Waals surface area contributed by atoms with Crippen LogP contribution in [0.3, 0.4) is 0 Å². The fourth-order valence-corrected chi connectivity index (χ4v) is 0.894. The zero-order valence-corrected chi connectivity index (χ0v) is 6.92. The molecule has 3 heteroatoms. The van der Waals surface area contributed by atoms with Gasteiger partial charge >= 0.3 is 0 Å². The van der Waals surface area contributed by atoms with Gasteiger partial charge in [0, 0.05) is 18.3 Å². The first-order valence-corrected chi connectivity index (χ1v) is 3.66. The highest BCUT2D eigenvalue weighted by Gasteiger charge is 2.08. The summed E-state index contributed by atoms with van der Waals surface area (Å²) in [5.74, 6) is -0.705. The maximum atomic E-state index is 12.6. The molecule has 0 unspecified atom stereocenters. The van der Waals surface area contributed by atoms with Gasteiger partial charge in [0.15, 0.2) is 0 Å². The summed E-state index contributed by atoms with van der Waals surface area (Å²) in [6.07, 6.45) is 3.11. The van der Waals surface area contributed by atoms with E-state index in [-0.39, 0.29) is 11.7 Å². The van der Waals surface area contributed by atoms with E-state index >= 15 is 0 Å². The van der Waals surface area contributed by atoms with Crippen molar-refractivity contribution in [3.63, 3.8) is 0 Å². The van der Waals surface area contributed by atoms with E-state index in [1.807, 2.05) is 0 Å². The monoisotopic (exact) mass is 166 g/mol. The molecule has 0 fully saturated rings. The number of aromatic nitrogens is 1. The third-order valence-corrected chi connectivity index (χ3v) is 1.75. The fourth-order valence-electron chi connectivity index (χ4n) is 0.894. The Bertz CT molecular complexity index is 296. The number of pyridine rings is 1. The lowest BCUT2D eigenvalue weighted by Crippen LogP contribution is -1.96. The van der Waals surface area contributed by atoms with Gasteiger partial charge in [-0.25, -0.2) is 4.39 Å². The van der Waals surface area contributed by atoms with Gasteiger partial charge in [-0.2, -0.15) is 0 Å². The van der Waals surface area contributed by atoms with Crippen LogP contribution in [0.15, 0.2) is 30.9 Å². The molecule has 0 saturated carbocycles. The number of nitrogen functional groups attached to an aromatic ring is 1. The smallest absolute Gasteiger partial charge is 0.1000 e. The Morgan fingerprint density at radius 3 is 2.83 bits per heavy atom. The van der Waals surface area contributed by atoms with Crippen LogP contribution in [0.4, 0.5) is 10.1 Å². The Hall–Kier alpha value is -1.38. The molecule has 12 heavy (non-hydrogen) atoms. The fraction of sp³-hybridized carbons (Fsp3) is 0.222. The zero-order chi connectivity index (χ0) is 9.14. The Morgan fingerprint density at radius 2 is 2.33 bits per heavy atom. The predicted molar refractivity (Wildman–Crippen MR) is 47.3 cm³/mol. The van der Waals surface area contributed by atoms with E-state index in [0.29, 0.717) is 5.69 Å². The van der Waals surface area contributed by atoms with Gasteiger partial charge in [0.25, 0.3) is 0 Å². The van der Waals surface area contributed by atoms with E-state index in [0.717, 1.165) is 5.56 Å². The minimum atomic E-state index is -0.373. The average molecular weight is 166 g/mol. The second kappa shape index (κ2) is 3.34. The Kier molecular flexibility index (Phi) is 2.43. The molecular weight excluding hydrogens is 155 g/mol. The molecule has 0 amide bonds. The van der Waals surface area contributed by atoms with Crippen molar-refractivity contribution in [1.82, 2.24) is 4.98 Å². The topological polar surface area (TPSA) is 38.9 Å². The number of hydrogen-bond acceptors (Lipinski definition) is 2. The van der Waals surface area contributed by atoms with Crippen LogP contribution in [0.2, 0.25) is 0 Å². The lowest BCUT2D eigenvalue weighted by molar-refractivity contribution is 0.568. The van der Waals surface area contributed by atoms with Crippen molar-refractivity contribution in [3.05, 3.63) is 36.4 Å². The first-order valence-electron chi connectivity index (χ1n) is 3.66. The molecule has 1 atom stereocenters. The van der Waals surface area contributed by atoms with Gasteiger partial charge in [-0.15, -0.1) is 0 Å². The Labute approximate surface area is 70.9 Å². The number of hydrogen-bond donors (Lipinski definition) is 1. The average Bonchev–Trinajstić information content (AvgIpc) is 2.03. The Morgan fingerprint density at radius 1 is 1.67 bits per heavy atom. The van der Waals surface area contributed by atoms with Crippen LogP contribution >= 0.6 is 0 Å². The van der Waals surface area contributed by atoms with E-state index in [1.165, 1.54) is 6.20 Å². The minimum absolute atomic E-state index is 0.332. The molecule has 0 spiro atoms. The summed E-state index contributed by atoms with van der Waals surface area (Å²) in [4.78, 5) is 3.85. The van der Waals surface area contributed by atoms with Crippen molar-refractivity contribution in [2.24, 2.45) is 0 Å². The molecule has 0 aromatic carbocycles. The van der Waals surface area contributed by atoms with Crippen LogP contribution in [-0.2, 0) is 0 Å². The molecule has 1 rings (SSSR count). The van der Waals surface area contributed by atoms with E-state index in [9.17, 15) is 4.39 Å². The van der Waals surface area contributed by atoms with Crippen molar-refractivity contribution in [2.45, 2.75) is 12.8 Å². The third-order valence-electron chi connectivity index (χ3n) is 1.75. The summed E-state index contributed by atoms with van der Waals surface area (Å²) in [6, 6.07) is 1.70. The zero-order valence-electron chi connectivity index (χ0n) is 6.92. The number of nitrogens with zero attached hydrogens (tertiary/aromatic N) is 1. The highest BCUT2D eigenvalue weighted by Crippen LogP contribution is 2.23. The molecule has 0 radical (unpaired) electrons. The summed E-state index contributed by atoms with van der Waals surface area (Å²) in [5.41, 5.74) is 6.78. The lowest BCUT2D eigenvalue weighted by Gasteiger charge is -2.07. The molecule has 1 aromatic heterocycles. The number of nitrogens with two attached hydrogens (primary N) is 1. The number of anilines is 1. The lowest BCUT2D eigenvalue weighted by atomic mass is 10.0. The van der Waals surface area contributed by atoms with Gasteiger partial charge in [0.2, 0.25) is 0 Å². The van der Waals surface area contributed by atoms with Gasteiger partial charge in [0.1, 0.15) is 0 Å². The third kappa shape index (κ3) is 1.81. The normalized spacial score (nSPS) is 12.5. The SMILES string of the molecule is C=C(F)[C@H](C)c1cncc(N)c1. The quantitative estimate of drug-likeness (QED) is 0.731. The molecule has 1 heterocycles. The van der Waals surface area contributed by atoms with Gasteiger partial charge < -0.3 is 5.73 Å². The van der Waals surface area contributed by atoms with E-state index in [4.69, 9.17) is 5.73 Å². The molecule has 2 N–H and O–H groups in total. The minimum Gasteiger partial charge on any atom is -0.397 e. The number of halogens is 1. The Balaban J connectivity index is 2.95. The van der Waals surface area contributed by atoms with Crippen LogP contribution in [0.1, 0.15) is 18.4 Å². The van der Waals surface area contributed by atoms with Crippen molar-refractivity contribution < 1.29 is 4.39 Å². The van der Waals surface area contributed by atoms with Crippen LogP contribution in [0.25, 0.3) is 0 Å². The van der Waals surface area contributed by atoms with Crippen LogP contribution in [0.5, 0.6) is 0 Å². The van der Waals surface area contributed by atoms with Crippen molar-refractivity contribution in [3.8, 4) is 0 Å². The maximum absolute atomic E-state index is 12.6. The first kappa shape index (κ1) is 8.71. The first-order chi connectivity index (χ1) is 5.61. The summed E-state index contributed by atoms with van der Waals surface area (Å²) >= 11 is 0. The summed E-state index contributed by atoms with van der Waals surface area (Å²) < 4.78 is 12.6. The van der Waals surface area contributed by atoms with E-state index in [1.54, 1.807) is 19.2 Å². The molecule has 0 aliphatic rings. The van der Waals surface area contributed by atoms with Crippen molar-refractivity contribution in [1.29, 1.82) is 0 Å². The van der Waals surface area contributed by atoms with Gasteiger partial charge in [-0.3, -0.25) is 4.98 Å².